The number of nitrogens with one attached hydrogen (secondary N) is 1. The molecule has 3 amide bonds. The molecule has 2 aliphatic heterocycles. The van der Waals surface area contributed by atoms with Gasteiger partial charge in [0.1, 0.15) is 6.04 Å². The highest BCUT2D eigenvalue weighted by atomic mass is 32.2. The van der Waals surface area contributed by atoms with Gasteiger partial charge in [0.25, 0.3) is 5.91 Å². The van der Waals surface area contributed by atoms with Gasteiger partial charge in [-0.2, -0.15) is 0 Å². The molecule has 1 aromatic rings. The molecule has 0 aromatic heterocycles. The minimum absolute atomic E-state index is 0.0935. The van der Waals surface area contributed by atoms with Gasteiger partial charge in [-0.1, -0.05) is 58.4 Å². The summed E-state index contributed by atoms with van der Waals surface area (Å²) in [7, 11) is 0. The van der Waals surface area contributed by atoms with Gasteiger partial charge in [-0.3, -0.25) is 19.7 Å². The Balaban J connectivity index is 1.33. The molecule has 6 nitrogen and oxygen atoms in total. The van der Waals surface area contributed by atoms with E-state index in [1.807, 2.05) is 23.9 Å². The van der Waals surface area contributed by atoms with Gasteiger partial charge in [0.05, 0.1) is 0 Å². The van der Waals surface area contributed by atoms with Crippen molar-refractivity contribution in [1.29, 1.82) is 0 Å². The van der Waals surface area contributed by atoms with Crippen molar-refractivity contribution < 1.29 is 14.4 Å². The first-order valence-electron chi connectivity index (χ1n) is 13.2. The third-order valence-electron chi connectivity index (χ3n) is 7.06. The maximum Gasteiger partial charge on any atom is 0.255 e. The normalized spacial score (nSPS) is 18.0. The number of imide groups is 1. The van der Waals surface area contributed by atoms with E-state index in [0.717, 1.165) is 29.3 Å². The number of benzene rings is 1. The molecule has 0 aliphatic carbocycles. The van der Waals surface area contributed by atoms with Crippen LogP contribution in [0.3, 0.4) is 0 Å². The molecule has 7 heteroatoms. The first-order chi connectivity index (χ1) is 16.5. The quantitative estimate of drug-likeness (QED) is 0.214. The van der Waals surface area contributed by atoms with E-state index < -0.39 is 6.04 Å². The van der Waals surface area contributed by atoms with Crippen molar-refractivity contribution in [1.82, 2.24) is 15.1 Å². The van der Waals surface area contributed by atoms with Crippen molar-refractivity contribution in [2.24, 2.45) is 0 Å². The Morgan fingerprint density at radius 3 is 2.32 bits per heavy atom. The second-order valence-electron chi connectivity index (χ2n) is 9.39. The molecule has 1 N–H and O–H groups in total. The zero-order chi connectivity index (χ0) is 24.3. The SMILES string of the molecule is CCN(CC)CCCCCCCCCCSc1cccc2c1CN(C1CCC(=O)NC1=O)C2=O. The summed E-state index contributed by atoms with van der Waals surface area (Å²) < 4.78 is 0. The number of piperidine rings is 1. The zero-order valence-electron chi connectivity index (χ0n) is 20.9. The minimum Gasteiger partial charge on any atom is -0.322 e. The van der Waals surface area contributed by atoms with Gasteiger partial charge in [0.15, 0.2) is 0 Å². The fourth-order valence-electron chi connectivity index (χ4n) is 4.91. The fraction of sp³-hybridized carbons (Fsp3) is 0.667. The Morgan fingerprint density at radius 2 is 1.65 bits per heavy atom. The number of thioether (sulfide) groups is 1. The summed E-state index contributed by atoms with van der Waals surface area (Å²) >= 11 is 1.82. The van der Waals surface area contributed by atoms with Crippen LogP contribution in [0.25, 0.3) is 0 Å². The highest BCUT2D eigenvalue weighted by molar-refractivity contribution is 7.99. The second-order valence-corrected chi connectivity index (χ2v) is 10.5. The lowest BCUT2D eigenvalue weighted by molar-refractivity contribution is -0.136. The average Bonchev–Trinajstić information content (AvgIpc) is 3.17. The van der Waals surface area contributed by atoms with E-state index in [9.17, 15) is 14.4 Å². The number of hydrogen-bond donors (Lipinski definition) is 1. The van der Waals surface area contributed by atoms with Crippen LogP contribution >= 0.6 is 11.8 Å². The molecule has 1 atom stereocenters. The van der Waals surface area contributed by atoms with Gasteiger partial charge < -0.3 is 9.80 Å². The summed E-state index contributed by atoms with van der Waals surface area (Å²) in [5, 5.41) is 2.37. The van der Waals surface area contributed by atoms with E-state index in [4.69, 9.17) is 0 Å². The largest absolute Gasteiger partial charge is 0.322 e. The summed E-state index contributed by atoms with van der Waals surface area (Å²) in [5.41, 5.74) is 1.74. The van der Waals surface area contributed by atoms with Gasteiger partial charge in [-0.25, -0.2) is 0 Å². The molecule has 2 heterocycles. The van der Waals surface area contributed by atoms with Gasteiger partial charge in [0.2, 0.25) is 11.8 Å². The van der Waals surface area contributed by atoms with E-state index in [1.54, 1.807) is 4.90 Å². The number of rotatable bonds is 15. The smallest absolute Gasteiger partial charge is 0.255 e. The number of fused-ring (bicyclic) bond motifs is 1. The molecule has 3 rings (SSSR count). The Labute approximate surface area is 209 Å². The second kappa shape index (κ2) is 13.9. The summed E-state index contributed by atoms with van der Waals surface area (Å²) in [4.78, 5) is 41.9. The Kier molecular flexibility index (Phi) is 10.9. The van der Waals surface area contributed by atoms with Crippen molar-refractivity contribution in [3.05, 3.63) is 29.3 Å². The van der Waals surface area contributed by atoms with Crippen LogP contribution < -0.4 is 5.32 Å². The molecular weight excluding hydrogens is 446 g/mol. The van der Waals surface area contributed by atoms with Crippen LogP contribution in [-0.4, -0.2) is 59.0 Å². The third-order valence-corrected chi connectivity index (χ3v) is 8.25. The summed E-state index contributed by atoms with van der Waals surface area (Å²) in [6, 6.07) is 5.33. The topological polar surface area (TPSA) is 69.7 Å². The molecule has 1 saturated heterocycles. The van der Waals surface area contributed by atoms with Gasteiger partial charge in [0, 0.05) is 23.4 Å². The highest BCUT2D eigenvalue weighted by Gasteiger charge is 2.39. The molecule has 2 aliphatic rings. The summed E-state index contributed by atoms with van der Waals surface area (Å²) in [5.74, 6) is 0.351. The molecule has 0 spiro atoms. The van der Waals surface area contributed by atoms with Crippen LogP contribution in [-0.2, 0) is 16.1 Å². The molecule has 0 radical (unpaired) electrons. The lowest BCUT2D eigenvalue weighted by Gasteiger charge is -2.29. The maximum absolute atomic E-state index is 12.9. The van der Waals surface area contributed by atoms with Crippen LogP contribution in [0.2, 0.25) is 0 Å². The van der Waals surface area contributed by atoms with Crippen LogP contribution in [0, 0.1) is 0 Å². The van der Waals surface area contributed by atoms with Crippen LogP contribution in [0.15, 0.2) is 23.1 Å². The lowest BCUT2D eigenvalue weighted by Crippen LogP contribution is -2.52. The number of carbonyl (C=O) groups is 3. The number of amides is 3. The monoisotopic (exact) mass is 487 g/mol. The third kappa shape index (κ3) is 7.32. The van der Waals surface area contributed by atoms with Crippen molar-refractivity contribution >= 4 is 29.5 Å². The first-order valence-corrected chi connectivity index (χ1v) is 14.1. The van der Waals surface area contributed by atoms with Gasteiger partial charge >= 0.3 is 0 Å². The fourth-order valence-corrected chi connectivity index (χ4v) is 6.00. The lowest BCUT2D eigenvalue weighted by atomic mass is 10.0. The molecule has 1 unspecified atom stereocenters. The number of nitrogens with zero attached hydrogens (tertiary/aromatic N) is 2. The molecule has 188 valence electrons. The highest BCUT2D eigenvalue weighted by Crippen LogP contribution is 2.34. The maximum atomic E-state index is 12.9. The molecule has 1 aromatic carbocycles. The molecular formula is C27H41N3O3S. The predicted molar refractivity (Wildman–Crippen MR) is 138 cm³/mol. The van der Waals surface area contributed by atoms with Crippen LogP contribution in [0.1, 0.15) is 94.0 Å². The minimum atomic E-state index is -0.548. The summed E-state index contributed by atoms with van der Waals surface area (Å²) in [6.07, 6.45) is 11.1. The Hall–Kier alpha value is -1.86. The van der Waals surface area contributed by atoms with Crippen molar-refractivity contribution in [2.75, 3.05) is 25.4 Å². The van der Waals surface area contributed by atoms with Crippen molar-refractivity contribution in [3.63, 3.8) is 0 Å². The Bertz CT molecular complexity index is 840. The van der Waals surface area contributed by atoms with E-state index in [1.165, 1.54) is 57.9 Å². The standard InChI is InChI=1S/C27H41N3O3S/c1-3-29(4-2)18-11-9-7-5-6-8-10-12-19-34-24-15-13-14-21-22(24)20-30(27(21)33)23-16-17-25(31)28-26(23)32/h13-15,23H,3-12,16-20H2,1-2H3,(H,28,31,32). The average molecular weight is 488 g/mol. The van der Waals surface area contributed by atoms with Crippen LogP contribution in [0.5, 0.6) is 0 Å². The first kappa shape index (κ1) is 26.7. The van der Waals surface area contributed by atoms with Crippen molar-refractivity contribution in [3.8, 4) is 0 Å². The summed E-state index contributed by atoms with van der Waals surface area (Å²) in [6.45, 7) is 8.50. The van der Waals surface area contributed by atoms with Gasteiger partial charge in [-0.15, -0.1) is 11.8 Å². The van der Waals surface area contributed by atoms with E-state index in [0.29, 0.717) is 18.5 Å². The number of unbranched alkanes of at least 4 members (excludes halogenated alkanes) is 7. The van der Waals surface area contributed by atoms with E-state index >= 15 is 0 Å². The Morgan fingerprint density at radius 1 is 0.971 bits per heavy atom. The molecule has 1 fully saturated rings. The number of hydrogen-bond acceptors (Lipinski definition) is 5. The molecule has 0 saturated carbocycles. The van der Waals surface area contributed by atoms with Crippen LogP contribution in [0.4, 0.5) is 0 Å². The predicted octanol–water partition coefficient (Wildman–Crippen LogP) is 5.00. The number of carbonyl (C=O) groups excluding carboxylic acids is 3. The van der Waals surface area contributed by atoms with Crippen molar-refractivity contribution in [2.45, 2.75) is 95.5 Å². The van der Waals surface area contributed by atoms with E-state index in [-0.39, 0.29) is 24.1 Å². The zero-order valence-corrected chi connectivity index (χ0v) is 21.8. The van der Waals surface area contributed by atoms with E-state index in [2.05, 4.69) is 30.1 Å². The molecule has 34 heavy (non-hydrogen) atoms. The molecule has 0 bridgehead atoms. The van der Waals surface area contributed by atoms with Gasteiger partial charge in [-0.05, 0) is 62.3 Å².